The van der Waals surface area contributed by atoms with Crippen molar-refractivity contribution in [2.45, 2.75) is 19.8 Å². The smallest absolute Gasteiger partial charge is 0.127 e. The molecule has 24 heavy (non-hydrogen) atoms. The predicted octanol–water partition coefficient (Wildman–Crippen LogP) is 5.31. The van der Waals surface area contributed by atoms with Gasteiger partial charge in [-0.15, -0.1) is 0 Å². The Bertz CT molecular complexity index is 1020. The minimum absolute atomic E-state index is 0.336. The number of para-hydroxylation sites is 1. The highest BCUT2D eigenvalue weighted by Gasteiger charge is 2.19. The molecule has 0 N–H and O–H groups in total. The Balaban J connectivity index is 2.20. The van der Waals surface area contributed by atoms with Crippen LogP contribution in [0.4, 0.5) is 0 Å². The SMILES string of the molecule is COc1cc2c(C(C)C)nn(-c3ccccc3)c2c2ccccc12. The van der Waals surface area contributed by atoms with Gasteiger partial charge >= 0.3 is 0 Å². The van der Waals surface area contributed by atoms with Gasteiger partial charge in [-0.25, -0.2) is 4.68 Å². The molecule has 1 heterocycles. The monoisotopic (exact) mass is 316 g/mol. The number of hydrogen-bond acceptors (Lipinski definition) is 2. The average molecular weight is 316 g/mol. The van der Waals surface area contributed by atoms with Gasteiger partial charge in [0.2, 0.25) is 0 Å². The number of benzene rings is 3. The summed E-state index contributed by atoms with van der Waals surface area (Å²) >= 11 is 0. The van der Waals surface area contributed by atoms with Gasteiger partial charge in [-0.05, 0) is 24.1 Å². The summed E-state index contributed by atoms with van der Waals surface area (Å²) in [5.74, 6) is 1.23. The molecule has 4 aromatic rings. The van der Waals surface area contributed by atoms with E-state index < -0.39 is 0 Å². The second kappa shape index (κ2) is 5.68. The summed E-state index contributed by atoms with van der Waals surface area (Å²) < 4.78 is 7.71. The second-order valence-electron chi connectivity index (χ2n) is 6.31. The van der Waals surface area contributed by atoms with Crippen molar-refractivity contribution in [1.29, 1.82) is 0 Å². The molecular weight excluding hydrogens is 296 g/mol. The first-order chi connectivity index (χ1) is 11.7. The zero-order valence-corrected chi connectivity index (χ0v) is 14.2. The lowest BCUT2D eigenvalue weighted by Gasteiger charge is -2.09. The van der Waals surface area contributed by atoms with Gasteiger partial charge in [0.05, 0.1) is 24.0 Å². The Morgan fingerprint density at radius 1 is 0.875 bits per heavy atom. The second-order valence-corrected chi connectivity index (χ2v) is 6.31. The van der Waals surface area contributed by atoms with Crippen LogP contribution < -0.4 is 4.74 Å². The summed E-state index contributed by atoms with van der Waals surface area (Å²) in [4.78, 5) is 0. The Hall–Kier alpha value is -2.81. The van der Waals surface area contributed by atoms with Crippen molar-refractivity contribution in [2.75, 3.05) is 7.11 Å². The van der Waals surface area contributed by atoms with Crippen LogP contribution in [0.15, 0.2) is 60.7 Å². The standard InChI is InChI=1S/C21H20N2O/c1-14(2)20-18-13-19(24-3)16-11-7-8-12-17(16)21(18)23(22-20)15-9-5-4-6-10-15/h4-14H,1-3H3. The maximum atomic E-state index is 5.65. The fraction of sp³-hybridized carbons (Fsp3) is 0.190. The van der Waals surface area contributed by atoms with Crippen molar-refractivity contribution in [3.05, 3.63) is 66.4 Å². The third-order valence-electron chi connectivity index (χ3n) is 4.44. The number of fused-ring (bicyclic) bond motifs is 3. The van der Waals surface area contributed by atoms with E-state index in [-0.39, 0.29) is 0 Å². The first-order valence-corrected chi connectivity index (χ1v) is 8.24. The Labute approximate surface area is 141 Å². The first-order valence-electron chi connectivity index (χ1n) is 8.24. The third kappa shape index (κ3) is 2.16. The van der Waals surface area contributed by atoms with E-state index in [1.54, 1.807) is 7.11 Å². The average Bonchev–Trinajstić information content (AvgIpc) is 3.01. The van der Waals surface area contributed by atoms with Crippen molar-refractivity contribution in [2.24, 2.45) is 0 Å². The van der Waals surface area contributed by atoms with E-state index in [1.807, 2.05) is 24.3 Å². The van der Waals surface area contributed by atoms with E-state index >= 15 is 0 Å². The molecule has 3 aromatic carbocycles. The fourth-order valence-corrected chi connectivity index (χ4v) is 3.31. The van der Waals surface area contributed by atoms with Gasteiger partial charge in [0.1, 0.15) is 5.75 Å². The predicted molar refractivity (Wildman–Crippen MR) is 99.2 cm³/mol. The van der Waals surface area contributed by atoms with Crippen molar-refractivity contribution in [3.8, 4) is 11.4 Å². The molecule has 0 saturated heterocycles. The maximum absolute atomic E-state index is 5.65. The molecule has 0 saturated carbocycles. The van der Waals surface area contributed by atoms with Crippen LogP contribution >= 0.6 is 0 Å². The highest BCUT2D eigenvalue weighted by Crippen LogP contribution is 2.37. The Kier molecular flexibility index (Phi) is 3.49. The van der Waals surface area contributed by atoms with E-state index in [4.69, 9.17) is 9.84 Å². The maximum Gasteiger partial charge on any atom is 0.127 e. The number of aromatic nitrogens is 2. The van der Waals surface area contributed by atoms with Crippen molar-refractivity contribution < 1.29 is 4.74 Å². The molecular formula is C21H20N2O. The fourth-order valence-electron chi connectivity index (χ4n) is 3.31. The quantitative estimate of drug-likeness (QED) is 0.512. The molecule has 4 rings (SSSR count). The molecule has 3 heteroatoms. The summed E-state index contributed by atoms with van der Waals surface area (Å²) in [5, 5.41) is 8.38. The molecule has 0 fully saturated rings. The largest absolute Gasteiger partial charge is 0.496 e. The van der Waals surface area contributed by atoms with Gasteiger partial charge in [0.25, 0.3) is 0 Å². The minimum atomic E-state index is 0.336. The van der Waals surface area contributed by atoms with Crippen LogP contribution in [0.25, 0.3) is 27.4 Å². The van der Waals surface area contributed by atoms with Gasteiger partial charge in [0, 0.05) is 16.2 Å². The van der Waals surface area contributed by atoms with Crippen molar-refractivity contribution in [3.63, 3.8) is 0 Å². The van der Waals surface area contributed by atoms with Gasteiger partial charge in [-0.1, -0.05) is 56.3 Å². The van der Waals surface area contributed by atoms with Gasteiger partial charge in [-0.2, -0.15) is 5.10 Å². The number of ether oxygens (including phenoxy) is 1. The molecule has 0 radical (unpaired) electrons. The van der Waals surface area contributed by atoms with Crippen molar-refractivity contribution in [1.82, 2.24) is 9.78 Å². The van der Waals surface area contributed by atoms with Crippen molar-refractivity contribution >= 4 is 21.7 Å². The van der Waals surface area contributed by atoms with Gasteiger partial charge in [-0.3, -0.25) is 0 Å². The highest BCUT2D eigenvalue weighted by atomic mass is 16.5. The number of hydrogen-bond donors (Lipinski definition) is 0. The molecule has 0 unspecified atom stereocenters. The van der Waals surface area contributed by atoms with Crippen LogP contribution in [0.5, 0.6) is 5.75 Å². The molecule has 0 aliphatic rings. The molecule has 0 amide bonds. The lowest BCUT2D eigenvalue weighted by molar-refractivity contribution is 0.420. The zero-order chi connectivity index (χ0) is 16.7. The van der Waals surface area contributed by atoms with Gasteiger partial charge < -0.3 is 4.74 Å². The molecule has 0 aliphatic carbocycles. The summed E-state index contributed by atoms with van der Waals surface area (Å²) in [6.45, 7) is 4.36. The van der Waals surface area contributed by atoms with E-state index in [0.29, 0.717) is 5.92 Å². The van der Waals surface area contributed by atoms with E-state index in [1.165, 1.54) is 0 Å². The van der Waals surface area contributed by atoms with Crippen LogP contribution in [-0.4, -0.2) is 16.9 Å². The molecule has 0 atom stereocenters. The number of nitrogens with zero attached hydrogens (tertiary/aromatic N) is 2. The van der Waals surface area contributed by atoms with Crippen LogP contribution in [0, 0.1) is 0 Å². The zero-order valence-electron chi connectivity index (χ0n) is 14.2. The topological polar surface area (TPSA) is 27.1 Å². The Morgan fingerprint density at radius 2 is 1.54 bits per heavy atom. The molecule has 0 spiro atoms. The highest BCUT2D eigenvalue weighted by molar-refractivity contribution is 6.10. The third-order valence-corrected chi connectivity index (χ3v) is 4.44. The van der Waals surface area contributed by atoms with Crippen LogP contribution in [0.2, 0.25) is 0 Å². The molecule has 120 valence electrons. The molecule has 0 aliphatic heterocycles. The number of rotatable bonds is 3. The summed E-state index contributed by atoms with van der Waals surface area (Å²) in [5.41, 5.74) is 3.31. The van der Waals surface area contributed by atoms with Crippen LogP contribution in [0.3, 0.4) is 0 Å². The van der Waals surface area contributed by atoms with Crippen LogP contribution in [0.1, 0.15) is 25.5 Å². The lowest BCUT2D eigenvalue weighted by atomic mass is 10.0. The minimum Gasteiger partial charge on any atom is -0.496 e. The van der Waals surface area contributed by atoms with E-state index in [0.717, 1.165) is 38.8 Å². The lowest BCUT2D eigenvalue weighted by Crippen LogP contribution is -1.98. The molecule has 0 bridgehead atoms. The van der Waals surface area contributed by atoms with E-state index in [9.17, 15) is 0 Å². The van der Waals surface area contributed by atoms with Gasteiger partial charge in [0.15, 0.2) is 0 Å². The van der Waals surface area contributed by atoms with Crippen LogP contribution in [-0.2, 0) is 0 Å². The summed E-state index contributed by atoms with van der Waals surface area (Å²) in [6.07, 6.45) is 0. The molecule has 1 aromatic heterocycles. The summed E-state index contributed by atoms with van der Waals surface area (Å²) in [7, 11) is 1.73. The normalized spacial score (nSPS) is 11.5. The Morgan fingerprint density at radius 3 is 2.21 bits per heavy atom. The first kappa shape index (κ1) is 14.8. The summed E-state index contributed by atoms with van der Waals surface area (Å²) in [6, 6.07) is 20.8. The number of methoxy groups -OCH3 is 1. The van der Waals surface area contributed by atoms with E-state index in [2.05, 4.69) is 54.9 Å². The molecule has 3 nitrogen and oxygen atoms in total.